The van der Waals surface area contributed by atoms with Crippen LogP contribution in [-0.2, 0) is 6.42 Å². The highest BCUT2D eigenvalue weighted by Crippen LogP contribution is 2.12. The number of benzene rings is 1. The zero-order chi connectivity index (χ0) is 9.52. The summed E-state index contributed by atoms with van der Waals surface area (Å²) in [6.45, 7) is 3.47. The second kappa shape index (κ2) is 5.60. The topological polar surface area (TPSA) is 35.2 Å². The molecule has 13 heavy (non-hydrogen) atoms. The molecule has 0 fully saturated rings. The lowest BCUT2D eigenvalue weighted by Crippen LogP contribution is -2.00. The third-order valence-electron chi connectivity index (χ3n) is 1.90. The van der Waals surface area contributed by atoms with E-state index in [1.807, 2.05) is 19.1 Å². The molecule has 0 aliphatic rings. The summed E-state index contributed by atoms with van der Waals surface area (Å²) in [5.41, 5.74) is 6.76. The average Bonchev–Trinajstić information content (AvgIpc) is 2.17. The number of nitrogens with two attached hydrogens (primary N) is 1. The van der Waals surface area contributed by atoms with Gasteiger partial charge in [0, 0.05) is 0 Å². The molecule has 1 aromatic carbocycles. The van der Waals surface area contributed by atoms with Crippen LogP contribution in [0.3, 0.4) is 0 Å². The summed E-state index contributed by atoms with van der Waals surface area (Å²) in [7, 11) is 0. The lowest BCUT2D eigenvalue weighted by molar-refractivity contribution is 0.340. The van der Waals surface area contributed by atoms with Gasteiger partial charge >= 0.3 is 0 Å². The first-order chi connectivity index (χ1) is 6.36. The van der Waals surface area contributed by atoms with Crippen LogP contribution in [0, 0.1) is 0 Å². The van der Waals surface area contributed by atoms with Crippen molar-refractivity contribution in [1.29, 1.82) is 0 Å². The molecule has 0 saturated heterocycles. The Bertz CT molecular complexity index is 230. The van der Waals surface area contributed by atoms with Crippen LogP contribution in [0.25, 0.3) is 0 Å². The molecule has 0 aliphatic carbocycles. The van der Waals surface area contributed by atoms with E-state index in [0.29, 0.717) is 0 Å². The molecule has 0 unspecified atom stereocenters. The summed E-state index contributed by atoms with van der Waals surface area (Å²) in [4.78, 5) is 0. The molecular formula is C11H17NO. The fourth-order valence-corrected chi connectivity index (χ4v) is 1.23. The van der Waals surface area contributed by atoms with Crippen LogP contribution in [0.15, 0.2) is 24.3 Å². The SMILES string of the molecule is CCOc1ccc(CCCN)cc1. The Balaban J connectivity index is 2.48. The van der Waals surface area contributed by atoms with Crippen molar-refractivity contribution < 1.29 is 4.74 Å². The number of rotatable bonds is 5. The average molecular weight is 179 g/mol. The van der Waals surface area contributed by atoms with Crippen molar-refractivity contribution in [2.24, 2.45) is 5.73 Å². The van der Waals surface area contributed by atoms with E-state index in [2.05, 4.69) is 12.1 Å². The molecule has 0 spiro atoms. The van der Waals surface area contributed by atoms with Gasteiger partial charge in [0.15, 0.2) is 0 Å². The van der Waals surface area contributed by atoms with Crippen LogP contribution in [0.2, 0.25) is 0 Å². The smallest absolute Gasteiger partial charge is 0.119 e. The van der Waals surface area contributed by atoms with E-state index in [0.717, 1.165) is 31.7 Å². The maximum Gasteiger partial charge on any atom is 0.119 e. The highest BCUT2D eigenvalue weighted by Gasteiger charge is 1.93. The van der Waals surface area contributed by atoms with Gasteiger partial charge in [-0.3, -0.25) is 0 Å². The first kappa shape index (κ1) is 10.1. The van der Waals surface area contributed by atoms with Crippen molar-refractivity contribution in [2.45, 2.75) is 19.8 Å². The first-order valence-corrected chi connectivity index (χ1v) is 4.78. The Kier molecular flexibility index (Phi) is 4.33. The minimum atomic E-state index is 0.724. The fraction of sp³-hybridized carbons (Fsp3) is 0.455. The van der Waals surface area contributed by atoms with E-state index < -0.39 is 0 Å². The molecule has 0 radical (unpaired) electrons. The van der Waals surface area contributed by atoms with E-state index in [9.17, 15) is 0 Å². The van der Waals surface area contributed by atoms with Crippen LogP contribution in [0.5, 0.6) is 5.75 Å². The number of ether oxygens (including phenoxy) is 1. The minimum absolute atomic E-state index is 0.724. The number of aryl methyl sites for hydroxylation is 1. The Morgan fingerprint density at radius 3 is 2.46 bits per heavy atom. The second-order valence-corrected chi connectivity index (χ2v) is 2.97. The Morgan fingerprint density at radius 1 is 1.23 bits per heavy atom. The van der Waals surface area contributed by atoms with Crippen molar-refractivity contribution in [3.8, 4) is 5.75 Å². The van der Waals surface area contributed by atoms with Crippen molar-refractivity contribution in [3.05, 3.63) is 29.8 Å². The maximum atomic E-state index is 5.43. The molecule has 0 aromatic heterocycles. The molecule has 0 heterocycles. The van der Waals surface area contributed by atoms with Crippen LogP contribution < -0.4 is 10.5 Å². The molecule has 2 N–H and O–H groups in total. The monoisotopic (exact) mass is 179 g/mol. The molecule has 72 valence electrons. The Hall–Kier alpha value is -1.02. The van der Waals surface area contributed by atoms with E-state index >= 15 is 0 Å². The predicted molar refractivity (Wildman–Crippen MR) is 55.0 cm³/mol. The van der Waals surface area contributed by atoms with Crippen molar-refractivity contribution in [3.63, 3.8) is 0 Å². The third kappa shape index (κ3) is 3.47. The molecule has 2 nitrogen and oxygen atoms in total. The van der Waals surface area contributed by atoms with Crippen LogP contribution in [0.4, 0.5) is 0 Å². The Morgan fingerprint density at radius 2 is 1.92 bits per heavy atom. The molecule has 1 aromatic rings. The first-order valence-electron chi connectivity index (χ1n) is 4.78. The summed E-state index contributed by atoms with van der Waals surface area (Å²) in [5.74, 6) is 0.944. The van der Waals surface area contributed by atoms with Gasteiger partial charge in [-0.05, 0) is 44.0 Å². The summed E-state index contributed by atoms with van der Waals surface area (Å²) >= 11 is 0. The molecule has 0 bridgehead atoms. The fourth-order valence-electron chi connectivity index (χ4n) is 1.23. The lowest BCUT2D eigenvalue weighted by atomic mass is 10.1. The summed E-state index contributed by atoms with van der Waals surface area (Å²) in [5, 5.41) is 0. The maximum absolute atomic E-state index is 5.43. The summed E-state index contributed by atoms with van der Waals surface area (Å²) in [6, 6.07) is 8.21. The molecular weight excluding hydrogens is 162 g/mol. The predicted octanol–water partition coefficient (Wildman–Crippen LogP) is 1.98. The van der Waals surface area contributed by atoms with E-state index in [1.165, 1.54) is 5.56 Å². The molecule has 0 aliphatic heterocycles. The van der Waals surface area contributed by atoms with Gasteiger partial charge in [0.1, 0.15) is 5.75 Å². The zero-order valence-electron chi connectivity index (χ0n) is 8.12. The van der Waals surface area contributed by atoms with Gasteiger partial charge in [-0.2, -0.15) is 0 Å². The zero-order valence-corrected chi connectivity index (χ0v) is 8.12. The molecule has 0 saturated carbocycles. The van der Waals surface area contributed by atoms with Crippen molar-refractivity contribution in [2.75, 3.05) is 13.2 Å². The van der Waals surface area contributed by atoms with Crippen molar-refractivity contribution >= 4 is 0 Å². The van der Waals surface area contributed by atoms with Crippen molar-refractivity contribution in [1.82, 2.24) is 0 Å². The van der Waals surface area contributed by atoms with Crippen LogP contribution >= 0.6 is 0 Å². The van der Waals surface area contributed by atoms with Gasteiger partial charge in [-0.15, -0.1) is 0 Å². The second-order valence-electron chi connectivity index (χ2n) is 2.97. The molecule has 0 atom stereocenters. The number of hydrogen-bond acceptors (Lipinski definition) is 2. The number of hydrogen-bond donors (Lipinski definition) is 1. The van der Waals surface area contributed by atoms with Crippen LogP contribution in [-0.4, -0.2) is 13.2 Å². The third-order valence-corrected chi connectivity index (χ3v) is 1.90. The summed E-state index contributed by atoms with van der Waals surface area (Å²) in [6.07, 6.45) is 2.11. The van der Waals surface area contributed by atoms with E-state index in [-0.39, 0.29) is 0 Å². The normalized spacial score (nSPS) is 10.0. The van der Waals surface area contributed by atoms with E-state index in [1.54, 1.807) is 0 Å². The minimum Gasteiger partial charge on any atom is -0.494 e. The quantitative estimate of drug-likeness (QED) is 0.750. The van der Waals surface area contributed by atoms with Gasteiger partial charge in [0.25, 0.3) is 0 Å². The standard InChI is InChI=1S/C11H17NO/c1-2-13-11-7-5-10(6-8-11)4-3-9-12/h5-8H,2-4,9,12H2,1H3. The molecule has 0 amide bonds. The van der Waals surface area contributed by atoms with Gasteiger partial charge in [0.05, 0.1) is 6.61 Å². The largest absolute Gasteiger partial charge is 0.494 e. The summed E-state index contributed by atoms with van der Waals surface area (Å²) < 4.78 is 5.34. The van der Waals surface area contributed by atoms with E-state index in [4.69, 9.17) is 10.5 Å². The lowest BCUT2D eigenvalue weighted by Gasteiger charge is -2.04. The van der Waals surface area contributed by atoms with Gasteiger partial charge in [-0.25, -0.2) is 0 Å². The van der Waals surface area contributed by atoms with Gasteiger partial charge < -0.3 is 10.5 Å². The van der Waals surface area contributed by atoms with Gasteiger partial charge in [-0.1, -0.05) is 12.1 Å². The molecule has 1 rings (SSSR count). The van der Waals surface area contributed by atoms with Crippen LogP contribution in [0.1, 0.15) is 18.9 Å². The highest BCUT2D eigenvalue weighted by molar-refractivity contribution is 5.27. The Labute approximate surface area is 79.7 Å². The van der Waals surface area contributed by atoms with Gasteiger partial charge in [0.2, 0.25) is 0 Å². The molecule has 2 heteroatoms. The highest BCUT2D eigenvalue weighted by atomic mass is 16.5.